The average Bonchev–Trinajstić information content (AvgIpc) is 2.39. The topological polar surface area (TPSA) is 67.5 Å². The van der Waals surface area contributed by atoms with Gasteiger partial charge in [-0.2, -0.15) is 0 Å². The Balaban J connectivity index is 2.14. The lowest BCUT2D eigenvalue weighted by atomic mass is 9.91. The molecule has 0 aromatic carbocycles. The van der Waals surface area contributed by atoms with Crippen molar-refractivity contribution in [1.29, 1.82) is 0 Å². The molecule has 1 N–H and O–H groups in total. The number of nitrogens with zero attached hydrogens (tertiary/aromatic N) is 2. The summed E-state index contributed by atoms with van der Waals surface area (Å²) in [5.74, 6) is 0. The van der Waals surface area contributed by atoms with Crippen LogP contribution in [0.4, 0.5) is 0 Å². The van der Waals surface area contributed by atoms with Gasteiger partial charge in [-0.3, -0.25) is 15.1 Å². The van der Waals surface area contributed by atoms with Crippen LogP contribution in [0, 0.1) is 10.1 Å². The summed E-state index contributed by atoms with van der Waals surface area (Å²) in [7, 11) is 0. The van der Waals surface area contributed by atoms with Gasteiger partial charge in [0.2, 0.25) is 0 Å². The zero-order valence-corrected chi connectivity index (χ0v) is 7.85. The van der Waals surface area contributed by atoms with E-state index in [2.05, 4.69) is 10.3 Å². The molecule has 0 amide bonds. The van der Waals surface area contributed by atoms with Crippen molar-refractivity contribution in [3.8, 4) is 0 Å². The highest BCUT2D eigenvalue weighted by molar-refractivity contribution is 5.75. The van der Waals surface area contributed by atoms with Crippen molar-refractivity contribution in [3.63, 3.8) is 0 Å². The number of aliphatic imine (C=N–C) groups is 1. The van der Waals surface area contributed by atoms with Gasteiger partial charge in [0.15, 0.2) is 0 Å². The lowest BCUT2D eigenvalue weighted by Crippen LogP contribution is -2.37. The second-order valence-corrected chi connectivity index (χ2v) is 3.73. The van der Waals surface area contributed by atoms with E-state index in [-0.39, 0.29) is 17.8 Å². The lowest BCUT2D eigenvalue weighted by molar-refractivity contribution is -0.414. The largest absolute Gasteiger partial charge is 0.380 e. The molecule has 2 aliphatic rings. The Morgan fingerprint density at radius 2 is 2.29 bits per heavy atom. The fourth-order valence-corrected chi connectivity index (χ4v) is 1.99. The van der Waals surface area contributed by atoms with E-state index in [9.17, 15) is 10.1 Å². The van der Waals surface area contributed by atoms with Crippen LogP contribution in [0.3, 0.4) is 0 Å². The molecule has 5 nitrogen and oxygen atoms in total. The molecule has 5 heteroatoms. The molecule has 1 aliphatic carbocycles. The van der Waals surface area contributed by atoms with Gasteiger partial charge in [-0.25, -0.2) is 0 Å². The second-order valence-electron chi connectivity index (χ2n) is 3.73. The van der Waals surface area contributed by atoms with E-state index in [0.29, 0.717) is 0 Å². The van der Waals surface area contributed by atoms with Gasteiger partial charge in [-0.05, 0) is 12.8 Å². The Morgan fingerprint density at radius 3 is 3.07 bits per heavy atom. The maximum absolute atomic E-state index is 10.5. The average molecular weight is 195 g/mol. The Morgan fingerprint density at radius 1 is 1.50 bits per heavy atom. The van der Waals surface area contributed by atoms with E-state index in [1.165, 1.54) is 25.3 Å². The SMILES string of the molecule is O=[N+]([O-])C1=CN[C@H]2CCCC[C@@H]2N=C1. The van der Waals surface area contributed by atoms with E-state index in [0.717, 1.165) is 12.8 Å². The van der Waals surface area contributed by atoms with Gasteiger partial charge in [-0.1, -0.05) is 12.8 Å². The van der Waals surface area contributed by atoms with Crippen LogP contribution in [-0.4, -0.2) is 23.2 Å². The van der Waals surface area contributed by atoms with Crippen LogP contribution < -0.4 is 5.32 Å². The quantitative estimate of drug-likeness (QED) is 0.503. The summed E-state index contributed by atoms with van der Waals surface area (Å²) in [4.78, 5) is 14.4. The lowest BCUT2D eigenvalue weighted by Gasteiger charge is -2.27. The Hall–Kier alpha value is -1.39. The predicted molar refractivity (Wildman–Crippen MR) is 52.7 cm³/mol. The summed E-state index contributed by atoms with van der Waals surface area (Å²) >= 11 is 0. The molecule has 2 atom stereocenters. The summed E-state index contributed by atoms with van der Waals surface area (Å²) in [6, 6.07) is 0.509. The highest BCUT2D eigenvalue weighted by Gasteiger charge is 2.26. The normalized spacial score (nSPS) is 31.0. The van der Waals surface area contributed by atoms with Crippen LogP contribution in [0.5, 0.6) is 0 Å². The monoisotopic (exact) mass is 195 g/mol. The van der Waals surface area contributed by atoms with Gasteiger partial charge < -0.3 is 5.32 Å². The molecule has 2 rings (SSSR count). The van der Waals surface area contributed by atoms with Gasteiger partial charge in [0, 0.05) is 6.04 Å². The van der Waals surface area contributed by atoms with Gasteiger partial charge in [0.1, 0.15) is 6.21 Å². The van der Waals surface area contributed by atoms with Crippen LogP contribution in [0.1, 0.15) is 25.7 Å². The molecular formula is C9H13N3O2. The number of fused-ring (bicyclic) bond motifs is 1. The third-order valence-electron chi connectivity index (χ3n) is 2.78. The van der Waals surface area contributed by atoms with Crippen molar-refractivity contribution >= 4 is 6.21 Å². The number of nitro groups is 1. The summed E-state index contributed by atoms with van der Waals surface area (Å²) < 4.78 is 0. The van der Waals surface area contributed by atoms with Crippen LogP contribution >= 0.6 is 0 Å². The smallest absolute Gasteiger partial charge is 0.302 e. The minimum Gasteiger partial charge on any atom is -0.380 e. The van der Waals surface area contributed by atoms with Crippen molar-refractivity contribution in [2.45, 2.75) is 37.8 Å². The fraction of sp³-hybridized carbons (Fsp3) is 0.667. The van der Waals surface area contributed by atoms with Gasteiger partial charge >= 0.3 is 5.70 Å². The first-order chi connectivity index (χ1) is 6.77. The first-order valence-corrected chi connectivity index (χ1v) is 4.91. The van der Waals surface area contributed by atoms with Crippen LogP contribution in [0.2, 0.25) is 0 Å². The van der Waals surface area contributed by atoms with Crippen molar-refractivity contribution in [2.24, 2.45) is 4.99 Å². The summed E-state index contributed by atoms with van der Waals surface area (Å²) in [6.07, 6.45) is 7.30. The van der Waals surface area contributed by atoms with E-state index in [4.69, 9.17) is 0 Å². The molecule has 0 spiro atoms. The second kappa shape index (κ2) is 3.77. The summed E-state index contributed by atoms with van der Waals surface area (Å²) in [5, 5.41) is 13.6. The number of allylic oxidation sites excluding steroid dienone is 1. The van der Waals surface area contributed by atoms with Crippen LogP contribution in [0.15, 0.2) is 16.9 Å². The number of rotatable bonds is 1. The molecule has 1 aliphatic heterocycles. The Labute approximate surface area is 82.1 Å². The highest BCUT2D eigenvalue weighted by Crippen LogP contribution is 2.22. The molecular weight excluding hydrogens is 182 g/mol. The predicted octanol–water partition coefficient (Wildman–Crippen LogP) is 1.09. The first kappa shape index (κ1) is 9.18. The maximum atomic E-state index is 10.5. The van der Waals surface area contributed by atoms with Gasteiger partial charge in [-0.15, -0.1) is 0 Å². The molecule has 76 valence electrons. The zero-order chi connectivity index (χ0) is 9.97. The van der Waals surface area contributed by atoms with Crippen molar-refractivity contribution in [2.75, 3.05) is 0 Å². The third kappa shape index (κ3) is 1.76. The molecule has 0 radical (unpaired) electrons. The van der Waals surface area contributed by atoms with Crippen molar-refractivity contribution in [1.82, 2.24) is 5.32 Å². The first-order valence-electron chi connectivity index (χ1n) is 4.91. The molecule has 0 unspecified atom stereocenters. The molecule has 14 heavy (non-hydrogen) atoms. The van der Waals surface area contributed by atoms with E-state index >= 15 is 0 Å². The third-order valence-corrected chi connectivity index (χ3v) is 2.78. The standard InChI is InChI=1S/C9H13N3O2/c13-12(14)7-5-10-8-3-1-2-4-9(8)11-6-7/h5-6,8-10H,1-4H2/t8-,9-/m0/s1. The van der Waals surface area contributed by atoms with Crippen molar-refractivity contribution in [3.05, 3.63) is 22.0 Å². The van der Waals surface area contributed by atoms with Crippen LogP contribution in [0.25, 0.3) is 0 Å². The molecule has 1 fully saturated rings. The fourth-order valence-electron chi connectivity index (χ4n) is 1.99. The summed E-state index contributed by atoms with van der Waals surface area (Å²) in [6.45, 7) is 0. The van der Waals surface area contributed by atoms with Gasteiger partial charge in [0.25, 0.3) is 0 Å². The maximum Gasteiger partial charge on any atom is 0.302 e. The number of hydrogen-bond acceptors (Lipinski definition) is 4. The molecule has 0 aromatic heterocycles. The minimum atomic E-state index is -0.409. The number of nitrogens with one attached hydrogen (secondary N) is 1. The summed E-state index contributed by atoms with van der Waals surface area (Å²) in [5.41, 5.74) is 0.0550. The number of hydrogen-bond donors (Lipinski definition) is 1. The van der Waals surface area contributed by atoms with Gasteiger partial charge in [0.05, 0.1) is 17.2 Å². The minimum absolute atomic E-state index is 0.0550. The zero-order valence-electron chi connectivity index (χ0n) is 7.85. The van der Waals surface area contributed by atoms with Crippen LogP contribution in [-0.2, 0) is 0 Å². The molecule has 0 saturated heterocycles. The molecule has 0 bridgehead atoms. The Bertz CT molecular complexity index is 298. The van der Waals surface area contributed by atoms with E-state index in [1.54, 1.807) is 0 Å². The van der Waals surface area contributed by atoms with Crippen molar-refractivity contribution < 1.29 is 4.92 Å². The van der Waals surface area contributed by atoms with E-state index in [1.807, 2.05) is 0 Å². The highest BCUT2D eigenvalue weighted by atomic mass is 16.6. The molecule has 1 saturated carbocycles. The Kier molecular flexibility index (Phi) is 2.47. The molecule has 1 heterocycles. The van der Waals surface area contributed by atoms with E-state index < -0.39 is 4.92 Å². The molecule has 0 aromatic rings.